The van der Waals surface area contributed by atoms with E-state index in [-0.39, 0.29) is 0 Å². The van der Waals surface area contributed by atoms with E-state index in [4.69, 9.17) is 0 Å². The van der Waals surface area contributed by atoms with Crippen molar-refractivity contribution >= 4 is 9.84 Å². The van der Waals surface area contributed by atoms with Crippen LogP contribution in [0.2, 0.25) is 0 Å². The van der Waals surface area contributed by atoms with Gasteiger partial charge in [-0.2, -0.15) is 0 Å². The molecule has 160 valence electrons. The van der Waals surface area contributed by atoms with Crippen molar-refractivity contribution in [3.05, 3.63) is 58.7 Å². The quantitative estimate of drug-likeness (QED) is 0.476. The molecule has 2 aromatic carbocycles. The van der Waals surface area contributed by atoms with Gasteiger partial charge < -0.3 is 0 Å². The number of benzene rings is 2. The Bertz CT molecular complexity index is 868. The lowest BCUT2D eigenvalue weighted by molar-refractivity contribution is 0.416. The summed E-state index contributed by atoms with van der Waals surface area (Å²) in [6, 6.07) is 11.2. The molecule has 0 saturated carbocycles. The Balaban J connectivity index is 2.43. The Morgan fingerprint density at radius 1 is 0.655 bits per heavy atom. The zero-order valence-electron chi connectivity index (χ0n) is 19.4. The summed E-state index contributed by atoms with van der Waals surface area (Å²) in [5.74, 6) is 2.15. The van der Waals surface area contributed by atoms with Crippen molar-refractivity contribution < 1.29 is 8.42 Å². The van der Waals surface area contributed by atoms with Crippen molar-refractivity contribution in [1.29, 1.82) is 0 Å². The standard InChI is InChI=1S/C26H38O2S/c1-17(2)21(7)13-23-15-25(11-9-19(23)5)29(27,28)26-12-10-20(6)24(16-26)14-22(8)18(3)4/h9-12,15-18,21-22H,13-14H2,1-8H3/t21-,22-/m1/s1. The molecule has 29 heavy (non-hydrogen) atoms. The minimum atomic E-state index is -3.53. The number of sulfone groups is 1. The van der Waals surface area contributed by atoms with E-state index < -0.39 is 9.84 Å². The summed E-state index contributed by atoms with van der Waals surface area (Å²) < 4.78 is 26.8. The van der Waals surface area contributed by atoms with Gasteiger partial charge in [0.1, 0.15) is 0 Å². The molecular weight excluding hydrogens is 376 g/mol. The van der Waals surface area contributed by atoms with Gasteiger partial charge in [-0.1, -0.05) is 53.7 Å². The molecule has 0 aromatic heterocycles. The zero-order chi connectivity index (χ0) is 21.9. The van der Waals surface area contributed by atoms with Crippen LogP contribution in [0.25, 0.3) is 0 Å². The van der Waals surface area contributed by atoms with Crippen molar-refractivity contribution in [2.24, 2.45) is 23.7 Å². The molecule has 0 aliphatic carbocycles. The summed E-state index contributed by atoms with van der Waals surface area (Å²) in [6.45, 7) is 17.4. The second kappa shape index (κ2) is 9.47. The Morgan fingerprint density at radius 3 is 1.31 bits per heavy atom. The number of hydrogen-bond acceptors (Lipinski definition) is 2. The fourth-order valence-corrected chi connectivity index (χ4v) is 4.73. The Morgan fingerprint density at radius 2 is 1.00 bits per heavy atom. The van der Waals surface area contributed by atoms with Gasteiger partial charge >= 0.3 is 0 Å². The summed E-state index contributed by atoms with van der Waals surface area (Å²) in [5.41, 5.74) is 4.58. The van der Waals surface area contributed by atoms with Gasteiger partial charge in [0.05, 0.1) is 9.79 Å². The molecule has 0 aliphatic rings. The molecule has 0 heterocycles. The van der Waals surface area contributed by atoms with Gasteiger partial charge in [-0.05, 0) is 96.9 Å². The lowest BCUT2D eigenvalue weighted by Crippen LogP contribution is -2.11. The van der Waals surface area contributed by atoms with Crippen LogP contribution in [0.1, 0.15) is 63.8 Å². The topological polar surface area (TPSA) is 34.1 Å². The first-order chi connectivity index (χ1) is 13.4. The first-order valence-electron chi connectivity index (χ1n) is 10.9. The number of aryl methyl sites for hydroxylation is 2. The molecule has 0 unspecified atom stereocenters. The van der Waals surface area contributed by atoms with Crippen LogP contribution in [0, 0.1) is 37.5 Å². The van der Waals surface area contributed by atoms with Gasteiger partial charge in [-0.25, -0.2) is 8.42 Å². The third-order valence-corrected chi connectivity index (χ3v) is 8.37. The largest absolute Gasteiger partial charge is 0.219 e. The smallest absolute Gasteiger partial charge is 0.206 e. The molecule has 0 N–H and O–H groups in total. The van der Waals surface area contributed by atoms with Crippen molar-refractivity contribution in [3.63, 3.8) is 0 Å². The van der Waals surface area contributed by atoms with Gasteiger partial charge in [-0.3, -0.25) is 0 Å². The van der Waals surface area contributed by atoms with E-state index in [1.165, 1.54) is 0 Å². The monoisotopic (exact) mass is 414 g/mol. The second-order valence-corrected chi connectivity index (χ2v) is 11.5. The SMILES string of the molecule is Cc1ccc(S(=O)(=O)c2ccc(C)c(C[C@@H](C)C(C)C)c2)cc1C[C@@H](C)C(C)C. The van der Waals surface area contributed by atoms with Gasteiger partial charge in [-0.15, -0.1) is 0 Å². The highest BCUT2D eigenvalue weighted by atomic mass is 32.2. The summed E-state index contributed by atoms with van der Waals surface area (Å²) in [5, 5.41) is 0. The molecule has 0 radical (unpaired) electrons. The fourth-order valence-electron chi connectivity index (χ4n) is 3.37. The van der Waals surface area contributed by atoms with E-state index in [1.807, 2.05) is 24.3 Å². The first-order valence-corrected chi connectivity index (χ1v) is 12.4. The van der Waals surface area contributed by atoms with Gasteiger partial charge in [0.2, 0.25) is 9.84 Å². The van der Waals surface area contributed by atoms with Crippen molar-refractivity contribution in [1.82, 2.24) is 0 Å². The molecule has 0 saturated heterocycles. The van der Waals surface area contributed by atoms with Crippen LogP contribution in [-0.4, -0.2) is 8.42 Å². The summed E-state index contributed by atoms with van der Waals surface area (Å²) >= 11 is 0. The fraction of sp³-hybridized carbons (Fsp3) is 0.538. The van der Waals surface area contributed by atoms with E-state index >= 15 is 0 Å². The maximum Gasteiger partial charge on any atom is 0.206 e. The molecule has 0 amide bonds. The molecule has 0 bridgehead atoms. The molecule has 2 nitrogen and oxygen atoms in total. The molecule has 0 aliphatic heterocycles. The highest BCUT2D eigenvalue weighted by molar-refractivity contribution is 7.91. The Kier molecular flexibility index (Phi) is 7.73. The van der Waals surface area contributed by atoms with E-state index in [2.05, 4.69) is 55.4 Å². The minimum absolute atomic E-state index is 0.403. The molecule has 0 spiro atoms. The highest BCUT2D eigenvalue weighted by Crippen LogP contribution is 2.28. The molecule has 2 rings (SSSR count). The van der Waals surface area contributed by atoms with Gasteiger partial charge in [0.15, 0.2) is 0 Å². The van der Waals surface area contributed by atoms with Crippen LogP contribution < -0.4 is 0 Å². The molecule has 2 aromatic rings. The van der Waals surface area contributed by atoms with E-state index in [1.54, 1.807) is 12.1 Å². The summed E-state index contributed by atoms with van der Waals surface area (Å²) in [6.07, 6.45) is 1.80. The second-order valence-electron chi connectivity index (χ2n) is 9.53. The predicted molar refractivity (Wildman–Crippen MR) is 123 cm³/mol. The van der Waals surface area contributed by atoms with Crippen LogP contribution >= 0.6 is 0 Å². The minimum Gasteiger partial charge on any atom is -0.219 e. The van der Waals surface area contributed by atoms with Crippen LogP contribution in [0.15, 0.2) is 46.2 Å². The van der Waals surface area contributed by atoms with Crippen LogP contribution in [0.3, 0.4) is 0 Å². The maximum absolute atomic E-state index is 13.4. The van der Waals surface area contributed by atoms with Gasteiger partial charge in [0, 0.05) is 0 Å². The number of hydrogen-bond donors (Lipinski definition) is 0. The third-order valence-electron chi connectivity index (χ3n) is 6.62. The number of rotatable bonds is 8. The lowest BCUT2D eigenvalue weighted by atomic mass is 9.89. The maximum atomic E-state index is 13.4. The molecule has 0 fully saturated rings. The van der Waals surface area contributed by atoms with Crippen LogP contribution in [-0.2, 0) is 22.7 Å². The summed E-state index contributed by atoms with van der Waals surface area (Å²) in [7, 11) is -3.53. The third kappa shape index (κ3) is 5.72. The molecular formula is C26H38O2S. The first kappa shape index (κ1) is 23.7. The van der Waals surface area contributed by atoms with Crippen molar-refractivity contribution in [2.75, 3.05) is 0 Å². The lowest BCUT2D eigenvalue weighted by Gasteiger charge is -2.19. The van der Waals surface area contributed by atoms with Crippen molar-refractivity contribution in [2.45, 2.75) is 78.0 Å². The van der Waals surface area contributed by atoms with E-state index in [9.17, 15) is 8.42 Å². The van der Waals surface area contributed by atoms with E-state index in [0.717, 1.165) is 35.1 Å². The molecule has 3 heteroatoms. The average molecular weight is 415 g/mol. The normalized spacial score (nSPS) is 14.4. The Hall–Kier alpha value is -1.61. The average Bonchev–Trinajstić information content (AvgIpc) is 2.64. The van der Waals surface area contributed by atoms with E-state index in [0.29, 0.717) is 33.5 Å². The Labute approximate surface area is 178 Å². The van der Waals surface area contributed by atoms with Crippen molar-refractivity contribution in [3.8, 4) is 0 Å². The predicted octanol–water partition coefficient (Wildman–Crippen LogP) is 6.81. The van der Waals surface area contributed by atoms with Crippen LogP contribution in [0.5, 0.6) is 0 Å². The zero-order valence-corrected chi connectivity index (χ0v) is 20.2. The summed E-state index contributed by atoms with van der Waals surface area (Å²) in [4.78, 5) is 0.807. The molecule has 2 atom stereocenters. The van der Waals surface area contributed by atoms with Gasteiger partial charge in [0.25, 0.3) is 0 Å². The highest BCUT2D eigenvalue weighted by Gasteiger charge is 2.21. The van der Waals surface area contributed by atoms with Crippen LogP contribution in [0.4, 0.5) is 0 Å².